The van der Waals surface area contributed by atoms with Gasteiger partial charge in [-0.05, 0) is 23.1 Å². The molecule has 1 aromatic carbocycles. The summed E-state index contributed by atoms with van der Waals surface area (Å²) in [5.74, 6) is 0.0277. The van der Waals surface area contributed by atoms with Gasteiger partial charge in [0.1, 0.15) is 5.75 Å². The van der Waals surface area contributed by atoms with E-state index in [4.69, 9.17) is 14.6 Å². The SMILES string of the molecule is COc1ccc(C2(C(C)(C)CC(=O)O)COC2)cc1. The van der Waals surface area contributed by atoms with Gasteiger partial charge >= 0.3 is 5.97 Å². The summed E-state index contributed by atoms with van der Waals surface area (Å²) < 4.78 is 10.6. The van der Waals surface area contributed by atoms with Crippen LogP contribution < -0.4 is 4.74 Å². The summed E-state index contributed by atoms with van der Waals surface area (Å²) in [6.07, 6.45) is 0.127. The first-order chi connectivity index (χ1) is 8.91. The molecule has 4 heteroatoms. The molecule has 0 bridgehead atoms. The number of methoxy groups -OCH3 is 1. The summed E-state index contributed by atoms with van der Waals surface area (Å²) in [6, 6.07) is 7.83. The number of carboxylic acids is 1. The lowest BCUT2D eigenvalue weighted by atomic mass is 9.59. The van der Waals surface area contributed by atoms with Gasteiger partial charge in [0, 0.05) is 5.41 Å². The summed E-state index contributed by atoms with van der Waals surface area (Å²) >= 11 is 0. The third kappa shape index (κ3) is 2.32. The van der Waals surface area contributed by atoms with E-state index in [2.05, 4.69) is 0 Å². The van der Waals surface area contributed by atoms with Gasteiger partial charge in [-0.25, -0.2) is 0 Å². The van der Waals surface area contributed by atoms with Gasteiger partial charge in [-0.2, -0.15) is 0 Å². The zero-order valence-electron chi connectivity index (χ0n) is 11.6. The molecule has 1 heterocycles. The van der Waals surface area contributed by atoms with Crippen molar-refractivity contribution >= 4 is 5.97 Å². The minimum atomic E-state index is -0.773. The number of ether oxygens (including phenoxy) is 2. The van der Waals surface area contributed by atoms with E-state index in [1.807, 2.05) is 38.1 Å². The Bertz CT molecular complexity index is 458. The molecule has 104 valence electrons. The lowest BCUT2D eigenvalue weighted by Gasteiger charge is -2.52. The van der Waals surface area contributed by atoms with Crippen LogP contribution in [0.1, 0.15) is 25.8 Å². The molecule has 0 spiro atoms. The molecule has 19 heavy (non-hydrogen) atoms. The molecule has 0 aromatic heterocycles. The Labute approximate surface area is 113 Å². The van der Waals surface area contributed by atoms with Crippen LogP contribution >= 0.6 is 0 Å². The normalized spacial score (nSPS) is 17.6. The van der Waals surface area contributed by atoms with Crippen molar-refractivity contribution in [1.29, 1.82) is 0 Å². The standard InChI is InChI=1S/C15H20O4/c1-14(2,8-13(16)17)15(9-19-10-15)11-4-6-12(18-3)7-5-11/h4-7H,8-10H2,1-3H3,(H,16,17). The highest BCUT2D eigenvalue weighted by Gasteiger charge is 2.52. The van der Waals surface area contributed by atoms with Gasteiger partial charge in [0.25, 0.3) is 0 Å². The zero-order valence-corrected chi connectivity index (χ0v) is 11.6. The first kappa shape index (κ1) is 13.9. The van der Waals surface area contributed by atoms with Gasteiger partial charge in [-0.3, -0.25) is 4.79 Å². The van der Waals surface area contributed by atoms with Crippen molar-refractivity contribution in [1.82, 2.24) is 0 Å². The molecule has 0 atom stereocenters. The number of carbonyl (C=O) groups is 1. The van der Waals surface area contributed by atoms with Crippen molar-refractivity contribution in [2.24, 2.45) is 5.41 Å². The molecule has 1 aromatic rings. The van der Waals surface area contributed by atoms with E-state index >= 15 is 0 Å². The highest BCUT2D eigenvalue weighted by atomic mass is 16.5. The second kappa shape index (κ2) is 4.85. The Morgan fingerprint density at radius 3 is 2.32 bits per heavy atom. The predicted octanol–water partition coefficient (Wildman–Crippen LogP) is 2.46. The average Bonchev–Trinajstić information content (AvgIpc) is 2.26. The Kier molecular flexibility index (Phi) is 3.54. The number of carboxylic acid groups (broad SMARTS) is 1. The average molecular weight is 264 g/mol. The van der Waals surface area contributed by atoms with E-state index in [0.717, 1.165) is 11.3 Å². The highest BCUT2D eigenvalue weighted by molar-refractivity contribution is 5.68. The van der Waals surface area contributed by atoms with Gasteiger partial charge in [0.05, 0.1) is 26.7 Å². The number of hydrogen-bond acceptors (Lipinski definition) is 3. The molecule has 0 saturated carbocycles. The van der Waals surface area contributed by atoms with Crippen LogP contribution in [0, 0.1) is 5.41 Å². The van der Waals surface area contributed by atoms with Gasteiger partial charge in [-0.1, -0.05) is 26.0 Å². The number of rotatable bonds is 5. The second-order valence-corrected chi connectivity index (χ2v) is 5.76. The van der Waals surface area contributed by atoms with Crippen molar-refractivity contribution in [3.8, 4) is 5.75 Å². The van der Waals surface area contributed by atoms with Crippen LogP contribution in [0.3, 0.4) is 0 Å². The summed E-state index contributed by atoms with van der Waals surface area (Å²) in [7, 11) is 1.63. The van der Waals surface area contributed by atoms with Gasteiger partial charge in [-0.15, -0.1) is 0 Å². The van der Waals surface area contributed by atoms with Crippen molar-refractivity contribution in [2.75, 3.05) is 20.3 Å². The predicted molar refractivity (Wildman–Crippen MR) is 71.5 cm³/mol. The first-order valence-corrected chi connectivity index (χ1v) is 6.35. The fraction of sp³-hybridized carbons (Fsp3) is 0.533. The molecule has 1 saturated heterocycles. The van der Waals surface area contributed by atoms with Crippen molar-refractivity contribution < 1.29 is 19.4 Å². The molecular formula is C15H20O4. The fourth-order valence-corrected chi connectivity index (χ4v) is 2.71. The van der Waals surface area contributed by atoms with E-state index in [0.29, 0.717) is 13.2 Å². The third-order valence-electron chi connectivity index (χ3n) is 4.23. The number of hydrogen-bond donors (Lipinski definition) is 1. The molecule has 1 aliphatic heterocycles. The Balaban J connectivity index is 2.33. The quantitative estimate of drug-likeness (QED) is 0.887. The summed E-state index contributed by atoms with van der Waals surface area (Å²) in [4.78, 5) is 11.1. The van der Waals surface area contributed by atoms with Crippen LogP contribution in [0.4, 0.5) is 0 Å². The van der Waals surface area contributed by atoms with Crippen LogP contribution in [0.2, 0.25) is 0 Å². The minimum Gasteiger partial charge on any atom is -0.497 e. The minimum absolute atomic E-state index is 0.127. The Morgan fingerprint density at radius 1 is 1.37 bits per heavy atom. The van der Waals surface area contributed by atoms with E-state index in [-0.39, 0.29) is 17.3 Å². The summed E-state index contributed by atoms with van der Waals surface area (Å²) in [5.41, 5.74) is 0.536. The molecular weight excluding hydrogens is 244 g/mol. The molecule has 1 aliphatic rings. The fourth-order valence-electron chi connectivity index (χ4n) is 2.71. The third-order valence-corrected chi connectivity index (χ3v) is 4.23. The second-order valence-electron chi connectivity index (χ2n) is 5.76. The van der Waals surface area contributed by atoms with Crippen LogP contribution in [-0.4, -0.2) is 31.4 Å². The van der Waals surface area contributed by atoms with E-state index in [1.54, 1.807) is 7.11 Å². The topological polar surface area (TPSA) is 55.8 Å². The maximum atomic E-state index is 11.1. The van der Waals surface area contributed by atoms with Gasteiger partial charge < -0.3 is 14.6 Å². The molecule has 2 rings (SSSR count). The molecule has 0 unspecified atom stereocenters. The van der Waals surface area contributed by atoms with Crippen molar-refractivity contribution in [3.05, 3.63) is 29.8 Å². The smallest absolute Gasteiger partial charge is 0.303 e. The van der Waals surface area contributed by atoms with Gasteiger partial charge in [0.15, 0.2) is 0 Å². The summed E-state index contributed by atoms with van der Waals surface area (Å²) in [6.45, 7) is 5.13. The molecule has 0 aliphatic carbocycles. The van der Waals surface area contributed by atoms with Crippen LogP contribution in [0.5, 0.6) is 5.75 Å². The van der Waals surface area contributed by atoms with Crippen LogP contribution in [0.25, 0.3) is 0 Å². The molecule has 4 nitrogen and oxygen atoms in total. The highest BCUT2D eigenvalue weighted by Crippen LogP contribution is 2.49. The van der Waals surface area contributed by atoms with E-state index < -0.39 is 5.97 Å². The number of benzene rings is 1. The first-order valence-electron chi connectivity index (χ1n) is 6.35. The van der Waals surface area contributed by atoms with Crippen molar-refractivity contribution in [3.63, 3.8) is 0 Å². The van der Waals surface area contributed by atoms with Gasteiger partial charge in [0.2, 0.25) is 0 Å². The monoisotopic (exact) mass is 264 g/mol. The largest absolute Gasteiger partial charge is 0.497 e. The molecule has 0 amide bonds. The van der Waals surface area contributed by atoms with Crippen LogP contribution in [0.15, 0.2) is 24.3 Å². The maximum absolute atomic E-state index is 11.1. The maximum Gasteiger partial charge on any atom is 0.303 e. The number of aliphatic carboxylic acids is 1. The summed E-state index contributed by atoms with van der Waals surface area (Å²) in [5, 5.41) is 9.10. The van der Waals surface area contributed by atoms with E-state index in [9.17, 15) is 4.79 Å². The lowest BCUT2D eigenvalue weighted by Crippen LogP contribution is -2.57. The molecule has 0 radical (unpaired) electrons. The molecule has 1 fully saturated rings. The Morgan fingerprint density at radius 2 is 1.95 bits per heavy atom. The Hall–Kier alpha value is -1.55. The lowest BCUT2D eigenvalue weighted by molar-refractivity contribution is -0.151. The molecule has 1 N–H and O–H groups in total. The van der Waals surface area contributed by atoms with Crippen LogP contribution in [-0.2, 0) is 14.9 Å². The zero-order chi connectivity index (χ0) is 14.1. The van der Waals surface area contributed by atoms with E-state index in [1.165, 1.54) is 0 Å². The van der Waals surface area contributed by atoms with Crippen molar-refractivity contribution in [2.45, 2.75) is 25.7 Å².